The molecule has 0 aromatic heterocycles. The predicted octanol–water partition coefficient (Wildman–Crippen LogP) is 3.37. The van der Waals surface area contributed by atoms with Crippen LogP contribution >= 0.6 is 11.6 Å². The van der Waals surface area contributed by atoms with Crippen LogP contribution in [-0.2, 0) is 6.54 Å². The second-order valence-corrected chi connectivity index (χ2v) is 4.43. The number of hydrogen-bond donors (Lipinski definition) is 1. The minimum atomic E-state index is 0.731. The van der Waals surface area contributed by atoms with Gasteiger partial charge in [0, 0.05) is 17.6 Å². The van der Waals surface area contributed by atoms with Crippen molar-refractivity contribution >= 4 is 11.6 Å². The highest BCUT2D eigenvalue weighted by Crippen LogP contribution is 2.18. The maximum atomic E-state index is 5.91. The number of benzene rings is 1. The van der Waals surface area contributed by atoms with E-state index < -0.39 is 0 Å². The molecule has 0 spiro atoms. The molecule has 0 bridgehead atoms. The third-order valence-corrected chi connectivity index (χ3v) is 3.07. The molecule has 0 atom stereocenters. The van der Waals surface area contributed by atoms with Crippen molar-refractivity contribution in [2.24, 2.45) is 0 Å². The number of rotatable bonds is 3. The Bertz CT molecular complexity index is 292. The average molecular weight is 210 g/mol. The van der Waals surface area contributed by atoms with E-state index in [-0.39, 0.29) is 0 Å². The standard InChI is InChI=1S/C12H16ClN/c13-11-5-3-4-10(8-11)9-14-12-6-1-2-7-12/h3-5,8,12,14H,1-2,6-7,9H2. The lowest BCUT2D eigenvalue weighted by molar-refractivity contribution is 0.524. The molecule has 1 aromatic carbocycles. The molecule has 0 heterocycles. The number of halogens is 1. The summed E-state index contributed by atoms with van der Waals surface area (Å²) in [6.07, 6.45) is 5.43. The van der Waals surface area contributed by atoms with Gasteiger partial charge < -0.3 is 5.32 Å². The van der Waals surface area contributed by atoms with Gasteiger partial charge in [0.25, 0.3) is 0 Å². The van der Waals surface area contributed by atoms with Crippen LogP contribution in [0.4, 0.5) is 0 Å². The van der Waals surface area contributed by atoms with Crippen molar-refractivity contribution in [3.05, 3.63) is 34.9 Å². The van der Waals surface area contributed by atoms with Crippen molar-refractivity contribution in [3.63, 3.8) is 0 Å². The first-order chi connectivity index (χ1) is 6.84. The van der Waals surface area contributed by atoms with E-state index in [0.29, 0.717) is 0 Å². The topological polar surface area (TPSA) is 12.0 Å². The van der Waals surface area contributed by atoms with E-state index in [1.807, 2.05) is 18.2 Å². The molecule has 1 N–H and O–H groups in total. The van der Waals surface area contributed by atoms with E-state index in [4.69, 9.17) is 11.6 Å². The fraction of sp³-hybridized carbons (Fsp3) is 0.500. The molecule has 1 aromatic rings. The smallest absolute Gasteiger partial charge is 0.0409 e. The molecule has 14 heavy (non-hydrogen) atoms. The zero-order chi connectivity index (χ0) is 9.80. The molecule has 76 valence electrons. The second-order valence-electron chi connectivity index (χ2n) is 3.99. The van der Waals surface area contributed by atoms with Crippen molar-refractivity contribution in [3.8, 4) is 0 Å². The normalized spacial score (nSPS) is 17.5. The molecule has 0 saturated heterocycles. The summed E-state index contributed by atoms with van der Waals surface area (Å²) in [6.45, 7) is 0.950. The summed E-state index contributed by atoms with van der Waals surface area (Å²) >= 11 is 5.91. The van der Waals surface area contributed by atoms with Gasteiger partial charge in [0.05, 0.1) is 0 Å². The third-order valence-electron chi connectivity index (χ3n) is 2.84. The maximum Gasteiger partial charge on any atom is 0.0409 e. The van der Waals surface area contributed by atoms with Crippen LogP contribution in [0.25, 0.3) is 0 Å². The average Bonchev–Trinajstić information content (AvgIpc) is 2.67. The molecular weight excluding hydrogens is 194 g/mol. The molecule has 0 unspecified atom stereocenters. The lowest BCUT2D eigenvalue weighted by atomic mass is 10.2. The fourth-order valence-corrected chi connectivity index (χ4v) is 2.25. The zero-order valence-electron chi connectivity index (χ0n) is 8.30. The Morgan fingerprint density at radius 3 is 2.79 bits per heavy atom. The van der Waals surface area contributed by atoms with Crippen molar-refractivity contribution in [2.75, 3.05) is 0 Å². The van der Waals surface area contributed by atoms with E-state index >= 15 is 0 Å². The quantitative estimate of drug-likeness (QED) is 0.805. The first-order valence-corrected chi connectivity index (χ1v) is 5.70. The lowest BCUT2D eigenvalue weighted by Gasteiger charge is -2.11. The van der Waals surface area contributed by atoms with Crippen LogP contribution in [0.15, 0.2) is 24.3 Å². The molecular formula is C12H16ClN. The van der Waals surface area contributed by atoms with Gasteiger partial charge in [0.2, 0.25) is 0 Å². The van der Waals surface area contributed by atoms with Crippen molar-refractivity contribution < 1.29 is 0 Å². The van der Waals surface area contributed by atoms with Gasteiger partial charge in [-0.15, -0.1) is 0 Å². The van der Waals surface area contributed by atoms with Crippen LogP contribution in [0.1, 0.15) is 31.2 Å². The third kappa shape index (κ3) is 2.73. The van der Waals surface area contributed by atoms with Gasteiger partial charge in [-0.2, -0.15) is 0 Å². The highest BCUT2D eigenvalue weighted by molar-refractivity contribution is 6.30. The van der Waals surface area contributed by atoms with Crippen molar-refractivity contribution in [1.82, 2.24) is 5.32 Å². The van der Waals surface area contributed by atoms with Crippen LogP contribution in [-0.4, -0.2) is 6.04 Å². The maximum absolute atomic E-state index is 5.91. The summed E-state index contributed by atoms with van der Waals surface area (Å²) in [4.78, 5) is 0. The van der Waals surface area contributed by atoms with Gasteiger partial charge in [-0.05, 0) is 30.5 Å². The molecule has 1 aliphatic carbocycles. The van der Waals surface area contributed by atoms with Gasteiger partial charge in [0.1, 0.15) is 0 Å². The molecule has 0 radical (unpaired) electrons. The summed E-state index contributed by atoms with van der Waals surface area (Å²) in [5.74, 6) is 0. The van der Waals surface area contributed by atoms with Gasteiger partial charge in [-0.25, -0.2) is 0 Å². The van der Waals surface area contributed by atoms with Crippen LogP contribution in [0.2, 0.25) is 5.02 Å². The Hall–Kier alpha value is -0.530. The predicted molar refractivity (Wildman–Crippen MR) is 60.5 cm³/mol. The van der Waals surface area contributed by atoms with Crippen LogP contribution < -0.4 is 5.32 Å². The zero-order valence-corrected chi connectivity index (χ0v) is 9.06. The van der Waals surface area contributed by atoms with Crippen molar-refractivity contribution in [1.29, 1.82) is 0 Å². The molecule has 0 amide bonds. The Kier molecular flexibility index (Phi) is 3.44. The highest BCUT2D eigenvalue weighted by atomic mass is 35.5. The van der Waals surface area contributed by atoms with Gasteiger partial charge in [-0.1, -0.05) is 36.6 Å². The van der Waals surface area contributed by atoms with E-state index in [9.17, 15) is 0 Å². The number of hydrogen-bond acceptors (Lipinski definition) is 1. The van der Waals surface area contributed by atoms with E-state index in [1.54, 1.807) is 0 Å². The molecule has 1 fully saturated rings. The molecule has 2 heteroatoms. The molecule has 2 rings (SSSR count). The monoisotopic (exact) mass is 209 g/mol. The summed E-state index contributed by atoms with van der Waals surface area (Å²) in [7, 11) is 0. The fourth-order valence-electron chi connectivity index (χ4n) is 2.04. The second kappa shape index (κ2) is 4.81. The Morgan fingerprint density at radius 1 is 1.29 bits per heavy atom. The van der Waals surface area contributed by atoms with Crippen LogP contribution in [0.3, 0.4) is 0 Å². The molecule has 1 aliphatic rings. The van der Waals surface area contributed by atoms with E-state index in [0.717, 1.165) is 17.6 Å². The summed E-state index contributed by atoms with van der Waals surface area (Å²) in [6, 6.07) is 8.81. The van der Waals surface area contributed by atoms with Crippen LogP contribution in [0.5, 0.6) is 0 Å². The lowest BCUT2D eigenvalue weighted by Crippen LogP contribution is -2.25. The van der Waals surface area contributed by atoms with Gasteiger partial charge in [-0.3, -0.25) is 0 Å². The largest absolute Gasteiger partial charge is 0.310 e. The van der Waals surface area contributed by atoms with E-state index in [2.05, 4.69) is 11.4 Å². The van der Waals surface area contributed by atoms with Gasteiger partial charge in [0.15, 0.2) is 0 Å². The van der Waals surface area contributed by atoms with Crippen LogP contribution in [0, 0.1) is 0 Å². The molecule has 1 saturated carbocycles. The minimum absolute atomic E-state index is 0.731. The summed E-state index contributed by atoms with van der Waals surface area (Å²) in [5.41, 5.74) is 1.28. The van der Waals surface area contributed by atoms with E-state index in [1.165, 1.54) is 31.2 Å². The Morgan fingerprint density at radius 2 is 2.07 bits per heavy atom. The summed E-state index contributed by atoms with van der Waals surface area (Å²) in [5, 5.41) is 4.40. The first-order valence-electron chi connectivity index (χ1n) is 5.32. The molecule has 1 nitrogen and oxygen atoms in total. The number of nitrogens with one attached hydrogen (secondary N) is 1. The van der Waals surface area contributed by atoms with Gasteiger partial charge >= 0.3 is 0 Å². The summed E-state index contributed by atoms with van der Waals surface area (Å²) < 4.78 is 0. The Balaban J connectivity index is 1.85. The SMILES string of the molecule is Clc1cccc(CNC2CCCC2)c1. The molecule has 0 aliphatic heterocycles. The minimum Gasteiger partial charge on any atom is -0.310 e. The highest BCUT2D eigenvalue weighted by Gasteiger charge is 2.13. The van der Waals surface area contributed by atoms with Crippen molar-refractivity contribution in [2.45, 2.75) is 38.3 Å². The Labute approximate surface area is 90.5 Å². The first kappa shape index (κ1) is 10.0.